The van der Waals surface area contributed by atoms with Crippen LogP contribution >= 0.6 is 0 Å². The zero-order valence-corrected chi connectivity index (χ0v) is 6.73. The topological polar surface area (TPSA) is 44.8 Å². The lowest BCUT2D eigenvalue weighted by molar-refractivity contribution is -0.286. The first-order chi connectivity index (χ1) is 5.83. The predicted molar refractivity (Wildman–Crippen MR) is 39.0 cm³/mol. The lowest BCUT2D eigenvalue weighted by Crippen LogP contribution is -2.27. The highest BCUT2D eigenvalue weighted by Gasteiger charge is 2.46. The smallest absolute Gasteiger partial charge is 0.315 e. The van der Waals surface area contributed by atoms with Gasteiger partial charge in [-0.1, -0.05) is 12.2 Å². The molecule has 0 aromatic heterocycles. The van der Waals surface area contributed by atoms with Crippen molar-refractivity contribution >= 4 is 5.97 Å². The molecule has 0 aromatic carbocycles. The summed E-state index contributed by atoms with van der Waals surface area (Å²) >= 11 is 0. The number of fused-ring (bicyclic) bond motifs is 2. The molecule has 3 atom stereocenters. The molecular formula is C8H10O4. The van der Waals surface area contributed by atoms with Gasteiger partial charge in [0.2, 0.25) is 0 Å². The first-order valence-electron chi connectivity index (χ1n) is 4.00. The normalized spacial score (nSPS) is 37.2. The Morgan fingerprint density at radius 2 is 2.00 bits per heavy atom. The molecule has 2 aliphatic rings. The second kappa shape index (κ2) is 2.88. The van der Waals surface area contributed by atoms with Crippen molar-refractivity contribution < 1.29 is 19.3 Å². The van der Waals surface area contributed by atoms with Gasteiger partial charge in [-0.25, -0.2) is 9.78 Å². The highest BCUT2D eigenvalue weighted by Crippen LogP contribution is 2.33. The summed E-state index contributed by atoms with van der Waals surface area (Å²) in [6.07, 6.45) is 3.17. The Labute approximate surface area is 70.0 Å². The van der Waals surface area contributed by atoms with Crippen LogP contribution in [-0.4, -0.2) is 24.8 Å². The van der Waals surface area contributed by atoms with Gasteiger partial charge in [0.15, 0.2) is 0 Å². The number of carbonyl (C=O) groups excluding carboxylic acids is 1. The van der Waals surface area contributed by atoms with Crippen LogP contribution in [0.1, 0.15) is 6.92 Å². The third kappa shape index (κ3) is 1.04. The molecule has 1 unspecified atom stereocenters. The van der Waals surface area contributed by atoms with Crippen molar-refractivity contribution in [2.45, 2.75) is 19.1 Å². The molecule has 66 valence electrons. The van der Waals surface area contributed by atoms with Gasteiger partial charge in [-0.05, 0) is 6.92 Å². The minimum Gasteiger partial charge on any atom is -0.466 e. The van der Waals surface area contributed by atoms with Crippen LogP contribution in [0.15, 0.2) is 12.2 Å². The van der Waals surface area contributed by atoms with Crippen molar-refractivity contribution in [3.63, 3.8) is 0 Å². The fraction of sp³-hybridized carbons (Fsp3) is 0.625. The Kier molecular flexibility index (Phi) is 1.86. The van der Waals surface area contributed by atoms with Crippen LogP contribution in [0.2, 0.25) is 0 Å². The molecule has 2 rings (SSSR count). The Bertz CT molecular complexity index is 209. The van der Waals surface area contributed by atoms with Crippen LogP contribution in [0.4, 0.5) is 0 Å². The summed E-state index contributed by atoms with van der Waals surface area (Å²) in [5, 5.41) is 0. The van der Waals surface area contributed by atoms with Gasteiger partial charge in [-0.3, -0.25) is 4.79 Å². The van der Waals surface area contributed by atoms with Gasteiger partial charge >= 0.3 is 5.97 Å². The van der Waals surface area contributed by atoms with E-state index in [0.29, 0.717) is 6.61 Å². The van der Waals surface area contributed by atoms with Crippen molar-refractivity contribution in [2.24, 2.45) is 5.92 Å². The average Bonchev–Trinajstić information content (AvgIpc) is 2.62. The summed E-state index contributed by atoms with van der Waals surface area (Å²) in [7, 11) is 0. The number of carbonyl (C=O) groups is 1. The molecular weight excluding hydrogens is 160 g/mol. The second-order valence-corrected chi connectivity index (χ2v) is 2.78. The van der Waals surface area contributed by atoms with Gasteiger partial charge in [0.25, 0.3) is 0 Å². The quantitative estimate of drug-likeness (QED) is 0.342. The summed E-state index contributed by atoms with van der Waals surface area (Å²) in [5.41, 5.74) is 0. The number of rotatable bonds is 2. The van der Waals surface area contributed by atoms with E-state index in [-0.39, 0.29) is 24.1 Å². The predicted octanol–water partition coefficient (Wildman–Crippen LogP) is 0.434. The lowest BCUT2D eigenvalue weighted by atomic mass is 10.0. The molecule has 0 spiro atoms. The molecule has 0 N–H and O–H groups in total. The maximum atomic E-state index is 11.3. The molecule has 12 heavy (non-hydrogen) atoms. The van der Waals surface area contributed by atoms with Crippen molar-refractivity contribution in [3.05, 3.63) is 12.2 Å². The molecule has 1 heterocycles. The molecule has 2 bridgehead atoms. The Balaban J connectivity index is 2.02. The summed E-state index contributed by atoms with van der Waals surface area (Å²) in [5.74, 6) is -0.528. The maximum Gasteiger partial charge on any atom is 0.315 e. The van der Waals surface area contributed by atoms with E-state index >= 15 is 0 Å². The fourth-order valence-corrected chi connectivity index (χ4v) is 1.46. The van der Waals surface area contributed by atoms with E-state index in [9.17, 15) is 4.79 Å². The minimum atomic E-state index is -0.287. The van der Waals surface area contributed by atoms with Gasteiger partial charge in [0.05, 0.1) is 6.61 Å². The molecule has 4 heteroatoms. The van der Waals surface area contributed by atoms with E-state index in [1.165, 1.54) is 0 Å². The number of hydrogen-bond acceptors (Lipinski definition) is 4. The van der Waals surface area contributed by atoms with Crippen molar-refractivity contribution in [1.29, 1.82) is 0 Å². The van der Waals surface area contributed by atoms with Gasteiger partial charge in [0.1, 0.15) is 18.1 Å². The van der Waals surface area contributed by atoms with Gasteiger partial charge in [-0.15, -0.1) is 0 Å². The zero-order chi connectivity index (χ0) is 8.55. The molecule has 1 saturated heterocycles. The highest BCUT2D eigenvalue weighted by atomic mass is 17.2. The van der Waals surface area contributed by atoms with E-state index in [4.69, 9.17) is 14.5 Å². The van der Waals surface area contributed by atoms with Gasteiger partial charge in [0, 0.05) is 0 Å². The standard InChI is InChI=1S/C8H10O4/c1-2-10-8(9)7-5-3-4-6(7)12-11-5/h3-7H,2H2,1H3/t5-,6+,7?. The van der Waals surface area contributed by atoms with Crippen LogP contribution < -0.4 is 0 Å². The zero-order valence-electron chi connectivity index (χ0n) is 6.73. The van der Waals surface area contributed by atoms with E-state index in [1.807, 2.05) is 12.2 Å². The summed E-state index contributed by atoms with van der Waals surface area (Å²) in [4.78, 5) is 21.0. The van der Waals surface area contributed by atoms with Crippen LogP contribution in [0.3, 0.4) is 0 Å². The third-order valence-corrected chi connectivity index (χ3v) is 2.03. The van der Waals surface area contributed by atoms with Crippen molar-refractivity contribution in [3.8, 4) is 0 Å². The molecule has 1 aliphatic carbocycles. The first-order valence-corrected chi connectivity index (χ1v) is 4.00. The van der Waals surface area contributed by atoms with E-state index in [1.54, 1.807) is 6.92 Å². The molecule has 4 nitrogen and oxygen atoms in total. The Morgan fingerprint density at radius 3 is 2.42 bits per heavy atom. The van der Waals surface area contributed by atoms with E-state index < -0.39 is 0 Å². The monoisotopic (exact) mass is 170 g/mol. The molecule has 0 radical (unpaired) electrons. The summed E-state index contributed by atoms with van der Waals surface area (Å²) < 4.78 is 4.87. The third-order valence-electron chi connectivity index (χ3n) is 2.03. The van der Waals surface area contributed by atoms with Crippen LogP contribution in [0, 0.1) is 5.92 Å². The van der Waals surface area contributed by atoms with Crippen LogP contribution in [0.25, 0.3) is 0 Å². The van der Waals surface area contributed by atoms with Crippen LogP contribution in [0.5, 0.6) is 0 Å². The van der Waals surface area contributed by atoms with E-state index in [0.717, 1.165) is 0 Å². The van der Waals surface area contributed by atoms with E-state index in [2.05, 4.69) is 0 Å². The minimum absolute atomic E-state index is 0.241. The molecule has 0 aromatic rings. The maximum absolute atomic E-state index is 11.3. The number of esters is 1. The largest absolute Gasteiger partial charge is 0.466 e. The van der Waals surface area contributed by atoms with Gasteiger partial charge in [-0.2, -0.15) is 0 Å². The van der Waals surface area contributed by atoms with Crippen LogP contribution in [-0.2, 0) is 19.3 Å². The average molecular weight is 170 g/mol. The summed E-state index contributed by atoms with van der Waals surface area (Å²) in [6.45, 7) is 2.18. The molecule has 1 aliphatic heterocycles. The summed E-state index contributed by atoms with van der Waals surface area (Å²) in [6, 6.07) is 0. The van der Waals surface area contributed by atoms with Crippen molar-refractivity contribution in [2.75, 3.05) is 6.61 Å². The number of hydrogen-bond donors (Lipinski definition) is 0. The first kappa shape index (κ1) is 7.76. The van der Waals surface area contributed by atoms with Crippen molar-refractivity contribution in [1.82, 2.24) is 0 Å². The highest BCUT2D eigenvalue weighted by molar-refractivity contribution is 5.75. The SMILES string of the molecule is CCOC(=O)C1[C@@H]2C=C[C@H]1OO2. The lowest BCUT2D eigenvalue weighted by Gasteiger charge is -2.08. The van der Waals surface area contributed by atoms with Gasteiger partial charge < -0.3 is 4.74 Å². The fourth-order valence-electron chi connectivity index (χ4n) is 1.46. The Morgan fingerprint density at radius 1 is 1.42 bits per heavy atom. The number of ether oxygens (including phenoxy) is 1. The second-order valence-electron chi connectivity index (χ2n) is 2.78. The molecule has 0 amide bonds. The Hall–Kier alpha value is -0.870. The molecule has 1 fully saturated rings. The molecule has 0 saturated carbocycles.